The van der Waals surface area contributed by atoms with Gasteiger partial charge in [0.1, 0.15) is 5.82 Å². The Morgan fingerprint density at radius 1 is 1.10 bits per heavy atom. The Labute approximate surface area is 173 Å². The third kappa shape index (κ3) is 2.82. The number of pyridine rings is 1. The van der Waals surface area contributed by atoms with Crippen LogP contribution in [0.4, 0.5) is 10.1 Å². The van der Waals surface area contributed by atoms with Crippen LogP contribution in [0, 0.1) is 12.7 Å². The predicted molar refractivity (Wildman–Crippen MR) is 116 cm³/mol. The summed E-state index contributed by atoms with van der Waals surface area (Å²) in [6, 6.07) is 12.8. The Hall–Kier alpha value is -3.12. The largest absolute Gasteiger partial charge is 0.462 e. The Bertz CT molecular complexity index is 1290. The van der Waals surface area contributed by atoms with Crippen molar-refractivity contribution >= 4 is 38.8 Å². The number of hydrogen-bond donors (Lipinski definition) is 0. The second-order valence-corrected chi connectivity index (χ2v) is 7.55. The molecule has 154 valence electrons. The van der Waals surface area contributed by atoms with Gasteiger partial charge in [-0.15, -0.1) is 0 Å². The van der Waals surface area contributed by atoms with Crippen LogP contribution in [0.25, 0.3) is 27.2 Å². The highest BCUT2D eigenvalue weighted by molar-refractivity contribution is 6.18. The number of esters is 1. The molecule has 0 N–H and O–H groups in total. The van der Waals surface area contributed by atoms with Crippen LogP contribution in [0.5, 0.6) is 0 Å². The van der Waals surface area contributed by atoms with Gasteiger partial charge in [-0.3, -0.25) is 0 Å². The van der Waals surface area contributed by atoms with Gasteiger partial charge in [0.05, 0.1) is 36.4 Å². The first-order valence-electron chi connectivity index (χ1n) is 10.3. The molecule has 0 spiro atoms. The molecule has 0 atom stereocenters. The maximum absolute atomic E-state index is 14.3. The Kier molecular flexibility index (Phi) is 4.59. The van der Waals surface area contributed by atoms with Gasteiger partial charge in [-0.05, 0) is 55.6 Å². The maximum Gasteiger partial charge on any atom is 0.339 e. The standard InChI is InChI=1S/C24H23FN2O3/c1-3-30-24(28)18-14-22-17-8-7-16(25)13-19(17)23-20(26-9-11-29-12-10-26)5-4-6-21(23)27(22)15(18)2/h4-8,13-14H,3,9-12H2,1-2H3. The molecule has 1 fully saturated rings. The van der Waals surface area contributed by atoms with Crippen LogP contribution in [0.1, 0.15) is 23.0 Å². The van der Waals surface area contributed by atoms with Gasteiger partial charge in [-0.1, -0.05) is 6.07 Å². The molecule has 0 radical (unpaired) electrons. The zero-order chi connectivity index (χ0) is 20.8. The number of rotatable bonds is 3. The Morgan fingerprint density at radius 2 is 1.90 bits per heavy atom. The van der Waals surface area contributed by atoms with E-state index in [0.717, 1.165) is 51.7 Å². The number of carbonyl (C=O) groups excluding carboxylic acids is 1. The molecule has 0 bridgehead atoms. The maximum atomic E-state index is 14.3. The summed E-state index contributed by atoms with van der Waals surface area (Å²) in [4.78, 5) is 14.8. The Balaban J connectivity index is 1.92. The molecule has 2 aromatic heterocycles. The van der Waals surface area contributed by atoms with Crippen molar-refractivity contribution in [2.24, 2.45) is 0 Å². The van der Waals surface area contributed by atoms with Crippen LogP contribution in [-0.2, 0) is 9.47 Å². The van der Waals surface area contributed by atoms with Crippen LogP contribution >= 0.6 is 0 Å². The summed E-state index contributed by atoms with van der Waals surface area (Å²) in [6.07, 6.45) is 0. The lowest BCUT2D eigenvalue weighted by Gasteiger charge is -2.30. The first-order chi connectivity index (χ1) is 14.6. The van der Waals surface area contributed by atoms with E-state index in [0.29, 0.717) is 25.4 Å². The number of aryl methyl sites for hydroxylation is 1. The zero-order valence-corrected chi connectivity index (χ0v) is 17.1. The van der Waals surface area contributed by atoms with E-state index < -0.39 is 0 Å². The molecule has 0 saturated carbocycles. The fourth-order valence-electron chi connectivity index (χ4n) is 4.54. The van der Waals surface area contributed by atoms with Gasteiger partial charge >= 0.3 is 5.97 Å². The van der Waals surface area contributed by atoms with Crippen molar-refractivity contribution in [1.82, 2.24) is 4.40 Å². The van der Waals surface area contributed by atoms with E-state index in [2.05, 4.69) is 15.4 Å². The molecule has 1 aliphatic rings. The third-order valence-corrected chi connectivity index (χ3v) is 5.88. The molecule has 0 unspecified atom stereocenters. The van der Waals surface area contributed by atoms with Crippen molar-refractivity contribution < 1.29 is 18.7 Å². The lowest BCUT2D eigenvalue weighted by Crippen LogP contribution is -2.36. The molecule has 30 heavy (non-hydrogen) atoms. The normalized spacial score (nSPS) is 14.7. The summed E-state index contributed by atoms with van der Waals surface area (Å²) in [5.41, 5.74) is 4.22. The third-order valence-electron chi connectivity index (χ3n) is 5.88. The van der Waals surface area contributed by atoms with E-state index in [4.69, 9.17) is 9.47 Å². The van der Waals surface area contributed by atoms with Gasteiger partial charge in [0.15, 0.2) is 0 Å². The fraction of sp³-hybridized carbons (Fsp3) is 0.292. The highest BCUT2D eigenvalue weighted by Crippen LogP contribution is 2.38. The number of benzene rings is 2. The average Bonchev–Trinajstić information content (AvgIpc) is 3.11. The van der Waals surface area contributed by atoms with Gasteiger partial charge in [0, 0.05) is 35.2 Å². The lowest BCUT2D eigenvalue weighted by atomic mass is 10.0. The van der Waals surface area contributed by atoms with Crippen molar-refractivity contribution in [2.45, 2.75) is 13.8 Å². The van der Waals surface area contributed by atoms with Crippen LogP contribution in [0.3, 0.4) is 0 Å². The molecule has 6 heteroatoms. The zero-order valence-electron chi connectivity index (χ0n) is 17.1. The highest BCUT2D eigenvalue weighted by atomic mass is 19.1. The van der Waals surface area contributed by atoms with E-state index in [-0.39, 0.29) is 11.8 Å². The number of hydrogen-bond acceptors (Lipinski definition) is 4. The van der Waals surface area contributed by atoms with Crippen molar-refractivity contribution in [1.29, 1.82) is 0 Å². The van der Waals surface area contributed by atoms with Crippen LogP contribution in [0.15, 0.2) is 42.5 Å². The van der Waals surface area contributed by atoms with Gasteiger partial charge < -0.3 is 18.8 Å². The van der Waals surface area contributed by atoms with E-state index in [9.17, 15) is 9.18 Å². The van der Waals surface area contributed by atoms with E-state index in [1.807, 2.05) is 25.1 Å². The van der Waals surface area contributed by atoms with Gasteiger partial charge in [-0.2, -0.15) is 0 Å². The number of halogens is 1. The SMILES string of the molecule is CCOC(=O)c1cc2c3ccc(F)cc3c3c(N4CCOCC4)cccc3n2c1C. The number of aromatic nitrogens is 1. The summed E-state index contributed by atoms with van der Waals surface area (Å²) >= 11 is 0. The summed E-state index contributed by atoms with van der Waals surface area (Å²) in [5, 5.41) is 2.73. The molecule has 2 aromatic carbocycles. The minimum absolute atomic E-state index is 0.279. The number of morpholine rings is 1. The monoisotopic (exact) mass is 406 g/mol. The Morgan fingerprint density at radius 3 is 2.67 bits per heavy atom. The number of anilines is 1. The molecule has 0 aliphatic carbocycles. The molecule has 0 amide bonds. The first-order valence-corrected chi connectivity index (χ1v) is 10.3. The molecule has 1 aliphatic heterocycles. The second kappa shape index (κ2) is 7.29. The summed E-state index contributed by atoms with van der Waals surface area (Å²) in [6.45, 7) is 6.94. The predicted octanol–water partition coefficient (Wildman–Crippen LogP) is 4.71. The average molecular weight is 406 g/mol. The molecule has 5 nitrogen and oxygen atoms in total. The summed E-state index contributed by atoms with van der Waals surface area (Å²) < 4.78 is 27.2. The van der Waals surface area contributed by atoms with Crippen molar-refractivity contribution in [3.05, 3.63) is 59.5 Å². The highest BCUT2D eigenvalue weighted by Gasteiger charge is 2.22. The molecular weight excluding hydrogens is 383 g/mol. The quantitative estimate of drug-likeness (QED) is 0.365. The van der Waals surface area contributed by atoms with Gasteiger partial charge in [-0.25, -0.2) is 9.18 Å². The molecule has 4 aromatic rings. The van der Waals surface area contributed by atoms with E-state index >= 15 is 0 Å². The minimum Gasteiger partial charge on any atom is -0.462 e. The fourth-order valence-corrected chi connectivity index (χ4v) is 4.54. The van der Waals surface area contributed by atoms with E-state index in [1.54, 1.807) is 19.1 Å². The first kappa shape index (κ1) is 18.9. The number of ether oxygens (including phenoxy) is 2. The smallest absolute Gasteiger partial charge is 0.339 e. The summed E-state index contributed by atoms with van der Waals surface area (Å²) in [5.74, 6) is -0.620. The topological polar surface area (TPSA) is 43.2 Å². The van der Waals surface area contributed by atoms with Gasteiger partial charge in [0.25, 0.3) is 0 Å². The molecule has 3 heterocycles. The number of nitrogens with zero attached hydrogens (tertiary/aromatic N) is 2. The van der Waals surface area contributed by atoms with Crippen molar-refractivity contribution in [2.75, 3.05) is 37.8 Å². The number of carbonyl (C=O) groups is 1. The van der Waals surface area contributed by atoms with E-state index in [1.165, 1.54) is 6.07 Å². The van der Waals surface area contributed by atoms with Crippen molar-refractivity contribution in [3.8, 4) is 0 Å². The van der Waals surface area contributed by atoms with Crippen LogP contribution < -0.4 is 4.90 Å². The van der Waals surface area contributed by atoms with Crippen LogP contribution in [0.2, 0.25) is 0 Å². The minimum atomic E-state index is -0.341. The van der Waals surface area contributed by atoms with Crippen molar-refractivity contribution in [3.63, 3.8) is 0 Å². The molecule has 1 saturated heterocycles. The number of fused-ring (bicyclic) bond motifs is 6. The second-order valence-electron chi connectivity index (χ2n) is 7.55. The molecular formula is C24H23FN2O3. The molecule has 5 rings (SSSR count). The van der Waals surface area contributed by atoms with Gasteiger partial charge in [0.2, 0.25) is 0 Å². The summed E-state index contributed by atoms with van der Waals surface area (Å²) in [7, 11) is 0. The van der Waals surface area contributed by atoms with Crippen LogP contribution in [-0.4, -0.2) is 43.3 Å². The lowest BCUT2D eigenvalue weighted by molar-refractivity contribution is 0.0525.